The molecule has 2 heterocycles. The van der Waals surface area contributed by atoms with Crippen molar-refractivity contribution in [3.63, 3.8) is 0 Å². The summed E-state index contributed by atoms with van der Waals surface area (Å²) in [6.45, 7) is 3.72. The van der Waals surface area contributed by atoms with Crippen LogP contribution < -0.4 is 14.9 Å². The van der Waals surface area contributed by atoms with Gasteiger partial charge in [-0.2, -0.15) is 0 Å². The predicted molar refractivity (Wildman–Crippen MR) is 164 cm³/mol. The summed E-state index contributed by atoms with van der Waals surface area (Å²) in [5.74, 6) is 0.0526. The van der Waals surface area contributed by atoms with Gasteiger partial charge >= 0.3 is 0 Å². The number of nitrogens with zero attached hydrogens (tertiary/aromatic N) is 2. The molecule has 0 radical (unpaired) electrons. The highest BCUT2D eigenvalue weighted by Gasteiger charge is 2.30. The number of fused-ring (bicyclic) bond motifs is 1. The van der Waals surface area contributed by atoms with Gasteiger partial charge in [0, 0.05) is 42.8 Å². The van der Waals surface area contributed by atoms with Crippen molar-refractivity contribution in [1.82, 2.24) is 15.2 Å². The summed E-state index contributed by atoms with van der Waals surface area (Å²) >= 11 is 0. The molecule has 1 amide bonds. The third kappa shape index (κ3) is 6.66. The average molecular weight is 569 g/mol. The number of aryl methyl sites for hydroxylation is 1. The Kier molecular flexibility index (Phi) is 9.38. The van der Waals surface area contributed by atoms with Gasteiger partial charge in [0.2, 0.25) is 0 Å². The quantitative estimate of drug-likeness (QED) is 0.219. The molecular weight excluding hydrogens is 524 g/mol. The third-order valence-electron chi connectivity index (χ3n) is 8.42. The van der Waals surface area contributed by atoms with E-state index in [-0.39, 0.29) is 5.91 Å². The Morgan fingerprint density at radius 3 is 2.55 bits per heavy atom. The van der Waals surface area contributed by atoms with E-state index in [0.29, 0.717) is 42.6 Å². The second-order valence-electron chi connectivity index (χ2n) is 11.3. The highest BCUT2D eigenvalue weighted by molar-refractivity contribution is 8.25. The maximum atomic E-state index is 13.8. The van der Waals surface area contributed by atoms with E-state index in [1.165, 1.54) is 19.3 Å². The Bertz CT molecular complexity index is 1280. The van der Waals surface area contributed by atoms with E-state index in [1.54, 1.807) is 10.4 Å². The van der Waals surface area contributed by atoms with E-state index in [4.69, 9.17) is 0 Å². The van der Waals surface area contributed by atoms with Crippen LogP contribution in [0.2, 0.25) is 0 Å². The Labute approximate surface area is 239 Å². The van der Waals surface area contributed by atoms with Crippen molar-refractivity contribution in [3.8, 4) is 0 Å². The molecule has 218 valence electrons. The molecule has 1 saturated carbocycles. The standard InChI is InChI=1S/C31H44N4O4S/c1-2-34-17-15-26-28(34)20-24(21-29(26)35-16-9-10-18-40(35,38)39)31(37)33-27(19-23-11-5-3-6-12-23)30(36)22-32-25-13-7-4-8-14-25/h3,5-6,11-12,15,17,20-21,25,27,30,32,36,38-39H,2,4,7-10,13-14,16,18-19,22H2,1H3,(H,33,37)/t27-,30+/m0/s1. The van der Waals surface area contributed by atoms with Crippen molar-refractivity contribution < 1.29 is 19.0 Å². The molecule has 1 aliphatic heterocycles. The summed E-state index contributed by atoms with van der Waals surface area (Å²) in [5, 5.41) is 18.9. The van der Waals surface area contributed by atoms with Crippen LogP contribution in [0.5, 0.6) is 0 Å². The summed E-state index contributed by atoms with van der Waals surface area (Å²) in [4.78, 5) is 13.8. The van der Waals surface area contributed by atoms with Gasteiger partial charge in [-0.25, -0.2) is 0 Å². The second kappa shape index (κ2) is 13.0. The molecule has 40 heavy (non-hydrogen) atoms. The van der Waals surface area contributed by atoms with Gasteiger partial charge in [0.05, 0.1) is 29.1 Å². The number of aliphatic hydroxyl groups is 1. The van der Waals surface area contributed by atoms with Gasteiger partial charge < -0.3 is 20.3 Å². The highest BCUT2D eigenvalue weighted by atomic mass is 32.3. The fraction of sp³-hybridized carbons (Fsp3) is 0.516. The van der Waals surface area contributed by atoms with E-state index in [2.05, 4.69) is 15.2 Å². The molecule has 2 atom stereocenters. The highest BCUT2D eigenvalue weighted by Crippen LogP contribution is 2.51. The molecule has 0 bridgehead atoms. The number of aliphatic hydroxyl groups excluding tert-OH is 1. The van der Waals surface area contributed by atoms with Crippen molar-refractivity contribution >= 4 is 33.3 Å². The number of amides is 1. The Hall–Kier alpha value is -2.56. The summed E-state index contributed by atoms with van der Waals surface area (Å²) < 4.78 is 25.6. The van der Waals surface area contributed by atoms with Gasteiger partial charge in [0.25, 0.3) is 5.91 Å². The molecule has 2 aromatic carbocycles. The summed E-state index contributed by atoms with van der Waals surface area (Å²) in [7, 11) is -2.96. The lowest BCUT2D eigenvalue weighted by atomic mass is 9.95. The zero-order valence-corrected chi connectivity index (χ0v) is 24.3. The van der Waals surface area contributed by atoms with Crippen LogP contribution in [0.4, 0.5) is 5.69 Å². The molecule has 2 aliphatic rings. The van der Waals surface area contributed by atoms with Gasteiger partial charge in [0.1, 0.15) is 0 Å². The number of carbonyl (C=O) groups is 1. The smallest absolute Gasteiger partial charge is 0.251 e. The zero-order chi connectivity index (χ0) is 28.1. The lowest BCUT2D eigenvalue weighted by Gasteiger charge is -2.47. The predicted octanol–water partition coefficient (Wildman–Crippen LogP) is 5.55. The number of benzene rings is 2. The van der Waals surface area contributed by atoms with E-state index in [0.717, 1.165) is 48.7 Å². The first-order valence-electron chi connectivity index (χ1n) is 14.8. The van der Waals surface area contributed by atoms with E-state index in [1.807, 2.05) is 55.6 Å². The zero-order valence-electron chi connectivity index (χ0n) is 23.5. The third-order valence-corrected chi connectivity index (χ3v) is 10.3. The molecule has 1 saturated heterocycles. The first-order valence-corrected chi connectivity index (χ1v) is 16.5. The lowest BCUT2D eigenvalue weighted by Crippen LogP contribution is -2.50. The number of aromatic nitrogens is 1. The maximum Gasteiger partial charge on any atom is 0.251 e. The summed E-state index contributed by atoms with van der Waals surface area (Å²) in [5.41, 5.74) is 3.05. The molecule has 0 unspecified atom stereocenters. The first-order chi connectivity index (χ1) is 19.4. The Morgan fingerprint density at radius 1 is 1.05 bits per heavy atom. The maximum absolute atomic E-state index is 13.8. The molecule has 5 N–H and O–H groups in total. The summed E-state index contributed by atoms with van der Waals surface area (Å²) in [6.07, 6.45) is 9.30. The molecule has 9 heteroatoms. The van der Waals surface area contributed by atoms with Crippen LogP contribution in [0, 0.1) is 0 Å². The van der Waals surface area contributed by atoms with E-state index < -0.39 is 22.9 Å². The van der Waals surface area contributed by atoms with Crippen LogP contribution in [-0.4, -0.2) is 61.7 Å². The van der Waals surface area contributed by atoms with Crippen molar-refractivity contribution in [3.05, 3.63) is 65.9 Å². The first kappa shape index (κ1) is 29.0. The Morgan fingerprint density at radius 2 is 1.82 bits per heavy atom. The molecule has 3 aromatic rings. The SMILES string of the molecule is CCn1ccc2c(N3CCCCS3(O)O)cc(C(=O)N[C@@H](Cc3ccccc3)[C@H](O)CNC3CCCCC3)cc21. The fourth-order valence-electron chi connectivity index (χ4n) is 6.11. The average Bonchev–Trinajstić information content (AvgIpc) is 3.39. The van der Waals surface area contributed by atoms with Crippen molar-refractivity contribution in [1.29, 1.82) is 0 Å². The molecule has 1 aromatic heterocycles. The van der Waals surface area contributed by atoms with Crippen LogP contribution in [0.1, 0.15) is 67.8 Å². The molecule has 5 rings (SSSR count). The number of hydrogen-bond donors (Lipinski definition) is 5. The number of rotatable bonds is 10. The van der Waals surface area contributed by atoms with Crippen molar-refractivity contribution in [2.75, 3.05) is 23.1 Å². The molecule has 8 nitrogen and oxygen atoms in total. The van der Waals surface area contributed by atoms with E-state index in [9.17, 15) is 19.0 Å². The lowest BCUT2D eigenvalue weighted by molar-refractivity contribution is 0.0821. The number of nitrogens with one attached hydrogen (secondary N) is 2. The van der Waals surface area contributed by atoms with Crippen LogP contribution in [0.15, 0.2) is 54.7 Å². The minimum absolute atomic E-state index is 0.280. The molecular formula is C31H44N4O4S. The van der Waals surface area contributed by atoms with Gasteiger partial charge in [-0.15, -0.1) is 10.8 Å². The summed E-state index contributed by atoms with van der Waals surface area (Å²) in [6, 6.07) is 15.5. The van der Waals surface area contributed by atoms with Gasteiger partial charge in [-0.3, -0.25) is 18.2 Å². The topological polar surface area (TPSA) is 110 Å². The van der Waals surface area contributed by atoms with Crippen LogP contribution in [0.25, 0.3) is 10.9 Å². The minimum atomic E-state index is -2.96. The van der Waals surface area contributed by atoms with E-state index >= 15 is 0 Å². The minimum Gasteiger partial charge on any atom is -0.390 e. The van der Waals surface area contributed by atoms with Gasteiger partial charge in [-0.05, 0) is 62.8 Å². The van der Waals surface area contributed by atoms with Crippen molar-refractivity contribution in [2.24, 2.45) is 0 Å². The fourth-order valence-corrected chi connectivity index (χ4v) is 7.81. The molecule has 1 aliphatic carbocycles. The monoisotopic (exact) mass is 568 g/mol. The van der Waals surface area contributed by atoms with Crippen LogP contribution in [-0.2, 0) is 13.0 Å². The number of hydrogen-bond acceptors (Lipinski definition) is 6. The normalized spacial score (nSPS) is 20.2. The van der Waals surface area contributed by atoms with Crippen LogP contribution >= 0.6 is 10.8 Å². The van der Waals surface area contributed by atoms with Crippen LogP contribution in [0.3, 0.4) is 0 Å². The van der Waals surface area contributed by atoms with Crippen molar-refractivity contribution in [2.45, 2.75) is 83.0 Å². The largest absolute Gasteiger partial charge is 0.390 e. The number of anilines is 1. The van der Waals surface area contributed by atoms with Gasteiger partial charge in [-0.1, -0.05) is 49.6 Å². The van der Waals surface area contributed by atoms with Gasteiger partial charge in [0.15, 0.2) is 0 Å². The molecule has 0 spiro atoms. The molecule has 2 fully saturated rings. The second-order valence-corrected chi connectivity index (χ2v) is 13.4. The Balaban J connectivity index is 1.42. The number of carbonyl (C=O) groups excluding carboxylic acids is 1.